The van der Waals surface area contributed by atoms with Crippen molar-refractivity contribution in [1.29, 1.82) is 0 Å². The SMILES string of the molecule is CC(C)NCCCS(=O)(=O)N1CC(=O)NC(=O)C1. The third-order valence-corrected chi connectivity index (χ3v) is 4.29. The molecule has 7 nitrogen and oxygen atoms in total. The molecule has 2 N–H and O–H groups in total. The number of sulfonamides is 1. The van der Waals surface area contributed by atoms with Crippen LogP contribution in [0.3, 0.4) is 0 Å². The molecule has 18 heavy (non-hydrogen) atoms. The number of hydrogen-bond acceptors (Lipinski definition) is 5. The molecule has 0 aromatic rings. The van der Waals surface area contributed by atoms with Gasteiger partial charge in [0.1, 0.15) is 0 Å². The van der Waals surface area contributed by atoms with Crippen LogP contribution in [0.5, 0.6) is 0 Å². The Balaban J connectivity index is 2.47. The first-order chi connectivity index (χ1) is 8.31. The molecule has 1 fully saturated rings. The van der Waals surface area contributed by atoms with Crippen LogP contribution in [0, 0.1) is 0 Å². The lowest BCUT2D eigenvalue weighted by atomic mass is 10.4. The topological polar surface area (TPSA) is 95.6 Å². The molecule has 0 aliphatic carbocycles. The van der Waals surface area contributed by atoms with E-state index in [0.29, 0.717) is 19.0 Å². The second-order valence-corrected chi connectivity index (χ2v) is 6.61. The van der Waals surface area contributed by atoms with Crippen LogP contribution in [0.2, 0.25) is 0 Å². The van der Waals surface area contributed by atoms with Gasteiger partial charge in [0.25, 0.3) is 0 Å². The number of amides is 2. The molecular formula is C10H19N3O4S. The highest BCUT2D eigenvalue weighted by Gasteiger charge is 2.31. The van der Waals surface area contributed by atoms with Gasteiger partial charge in [-0.1, -0.05) is 13.8 Å². The molecule has 0 radical (unpaired) electrons. The fourth-order valence-corrected chi connectivity index (χ4v) is 2.98. The second-order valence-electron chi connectivity index (χ2n) is 4.52. The van der Waals surface area contributed by atoms with Gasteiger partial charge in [0.15, 0.2) is 0 Å². The summed E-state index contributed by atoms with van der Waals surface area (Å²) in [6, 6.07) is 0.301. The quantitative estimate of drug-likeness (QED) is 0.463. The van der Waals surface area contributed by atoms with E-state index in [2.05, 4.69) is 10.6 Å². The Morgan fingerprint density at radius 1 is 1.28 bits per heavy atom. The van der Waals surface area contributed by atoms with E-state index in [1.807, 2.05) is 13.8 Å². The fraction of sp³-hybridized carbons (Fsp3) is 0.800. The largest absolute Gasteiger partial charge is 0.314 e. The van der Waals surface area contributed by atoms with Crippen LogP contribution in [0.25, 0.3) is 0 Å². The van der Waals surface area contributed by atoms with Crippen molar-refractivity contribution in [2.24, 2.45) is 0 Å². The molecule has 0 bridgehead atoms. The molecule has 1 heterocycles. The Morgan fingerprint density at radius 2 is 1.83 bits per heavy atom. The Hall–Kier alpha value is -0.990. The molecule has 0 saturated carbocycles. The summed E-state index contributed by atoms with van der Waals surface area (Å²) in [7, 11) is -3.54. The van der Waals surface area contributed by atoms with Crippen LogP contribution in [0.15, 0.2) is 0 Å². The van der Waals surface area contributed by atoms with Gasteiger partial charge in [0.2, 0.25) is 21.8 Å². The van der Waals surface area contributed by atoms with Crippen molar-refractivity contribution in [3.05, 3.63) is 0 Å². The van der Waals surface area contributed by atoms with Gasteiger partial charge in [-0.05, 0) is 13.0 Å². The maximum Gasteiger partial charge on any atom is 0.241 e. The number of rotatable bonds is 6. The Labute approximate surface area is 107 Å². The van der Waals surface area contributed by atoms with Gasteiger partial charge in [0.05, 0.1) is 18.8 Å². The molecule has 0 atom stereocenters. The van der Waals surface area contributed by atoms with Crippen molar-refractivity contribution in [1.82, 2.24) is 14.9 Å². The number of carbonyl (C=O) groups is 2. The summed E-state index contributed by atoms with van der Waals surface area (Å²) >= 11 is 0. The summed E-state index contributed by atoms with van der Waals surface area (Å²) in [5.41, 5.74) is 0. The Morgan fingerprint density at radius 3 is 2.33 bits per heavy atom. The van der Waals surface area contributed by atoms with E-state index in [-0.39, 0.29) is 18.8 Å². The van der Waals surface area contributed by atoms with Gasteiger partial charge in [-0.15, -0.1) is 0 Å². The van der Waals surface area contributed by atoms with Gasteiger partial charge in [-0.3, -0.25) is 14.9 Å². The maximum atomic E-state index is 11.9. The predicted molar refractivity (Wildman–Crippen MR) is 66.3 cm³/mol. The van der Waals surface area contributed by atoms with E-state index in [1.165, 1.54) is 0 Å². The smallest absolute Gasteiger partial charge is 0.241 e. The lowest BCUT2D eigenvalue weighted by molar-refractivity contribution is -0.134. The minimum atomic E-state index is -3.54. The zero-order valence-electron chi connectivity index (χ0n) is 10.6. The van der Waals surface area contributed by atoms with Crippen molar-refractivity contribution >= 4 is 21.8 Å². The highest BCUT2D eigenvalue weighted by atomic mass is 32.2. The van der Waals surface area contributed by atoms with E-state index in [0.717, 1.165) is 4.31 Å². The second kappa shape index (κ2) is 6.26. The van der Waals surface area contributed by atoms with Crippen LogP contribution in [0.1, 0.15) is 20.3 Å². The van der Waals surface area contributed by atoms with Crippen molar-refractivity contribution in [3.63, 3.8) is 0 Å². The first-order valence-electron chi connectivity index (χ1n) is 5.85. The summed E-state index contributed by atoms with van der Waals surface area (Å²) < 4.78 is 24.7. The molecule has 1 aliphatic heterocycles. The summed E-state index contributed by atoms with van der Waals surface area (Å²) in [6.07, 6.45) is 0.451. The molecule has 0 aromatic carbocycles. The van der Waals surface area contributed by atoms with E-state index in [9.17, 15) is 18.0 Å². The zero-order valence-corrected chi connectivity index (χ0v) is 11.4. The third kappa shape index (κ3) is 4.71. The van der Waals surface area contributed by atoms with E-state index < -0.39 is 21.8 Å². The molecule has 0 unspecified atom stereocenters. The maximum absolute atomic E-state index is 11.9. The summed E-state index contributed by atoms with van der Waals surface area (Å²) in [5, 5.41) is 5.18. The number of piperazine rings is 1. The number of nitrogens with zero attached hydrogens (tertiary/aromatic N) is 1. The monoisotopic (exact) mass is 277 g/mol. The Bertz CT molecular complexity index is 403. The summed E-state index contributed by atoms with van der Waals surface area (Å²) in [4.78, 5) is 22.2. The zero-order chi connectivity index (χ0) is 13.8. The van der Waals surface area contributed by atoms with E-state index in [4.69, 9.17) is 0 Å². The van der Waals surface area contributed by atoms with Crippen LogP contribution in [0.4, 0.5) is 0 Å². The van der Waals surface area contributed by atoms with Crippen molar-refractivity contribution < 1.29 is 18.0 Å². The lowest BCUT2D eigenvalue weighted by Gasteiger charge is -2.24. The third-order valence-electron chi connectivity index (χ3n) is 2.44. The molecule has 2 amide bonds. The normalized spacial score (nSPS) is 18.2. The molecule has 0 aromatic heterocycles. The van der Waals surface area contributed by atoms with Crippen molar-refractivity contribution in [3.8, 4) is 0 Å². The Kier molecular flexibility index (Phi) is 5.24. The van der Waals surface area contributed by atoms with Gasteiger partial charge >= 0.3 is 0 Å². The predicted octanol–water partition coefficient (Wildman–Crippen LogP) is -1.34. The first kappa shape index (κ1) is 15.1. The highest BCUT2D eigenvalue weighted by Crippen LogP contribution is 2.05. The molecule has 8 heteroatoms. The molecule has 1 rings (SSSR count). The van der Waals surface area contributed by atoms with Gasteiger partial charge < -0.3 is 5.32 Å². The van der Waals surface area contributed by atoms with E-state index in [1.54, 1.807) is 0 Å². The van der Waals surface area contributed by atoms with Crippen molar-refractivity contribution in [2.75, 3.05) is 25.4 Å². The average Bonchev–Trinajstić information content (AvgIpc) is 2.23. The highest BCUT2D eigenvalue weighted by molar-refractivity contribution is 7.89. The number of nitrogens with one attached hydrogen (secondary N) is 2. The lowest BCUT2D eigenvalue weighted by Crippen LogP contribution is -2.53. The average molecular weight is 277 g/mol. The molecule has 0 spiro atoms. The van der Waals surface area contributed by atoms with E-state index >= 15 is 0 Å². The first-order valence-corrected chi connectivity index (χ1v) is 7.46. The minimum Gasteiger partial charge on any atom is -0.314 e. The van der Waals surface area contributed by atoms with Gasteiger partial charge in [-0.2, -0.15) is 4.31 Å². The number of hydrogen-bond donors (Lipinski definition) is 2. The molecule has 1 aliphatic rings. The molecule has 1 saturated heterocycles. The fourth-order valence-electron chi connectivity index (χ4n) is 1.58. The number of imide groups is 1. The van der Waals surface area contributed by atoms with Crippen LogP contribution < -0.4 is 10.6 Å². The van der Waals surface area contributed by atoms with Crippen LogP contribution in [-0.2, 0) is 19.6 Å². The van der Waals surface area contributed by atoms with Crippen LogP contribution >= 0.6 is 0 Å². The van der Waals surface area contributed by atoms with Gasteiger partial charge in [0, 0.05) is 6.04 Å². The molecular weight excluding hydrogens is 258 g/mol. The van der Waals surface area contributed by atoms with Crippen LogP contribution in [-0.4, -0.2) is 56.0 Å². The standard InChI is InChI=1S/C10H19N3O4S/c1-8(2)11-4-3-5-18(16,17)13-6-9(14)12-10(15)7-13/h8,11H,3-7H2,1-2H3,(H,12,14,15). The number of carbonyl (C=O) groups excluding carboxylic acids is 2. The minimum absolute atomic E-state index is 0.0622. The van der Waals surface area contributed by atoms with Crippen molar-refractivity contribution in [2.45, 2.75) is 26.3 Å². The summed E-state index contributed by atoms with van der Waals surface area (Å²) in [6.45, 7) is 3.99. The molecule has 104 valence electrons. The van der Waals surface area contributed by atoms with Gasteiger partial charge in [-0.25, -0.2) is 8.42 Å². The summed E-state index contributed by atoms with van der Waals surface area (Å²) in [5.74, 6) is -1.21.